The first-order valence-corrected chi connectivity index (χ1v) is 5.84. The number of nitrogens with two attached hydrogens (primary N) is 1. The van der Waals surface area contributed by atoms with Crippen LogP contribution in [0, 0.1) is 0 Å². The van der Waals surface area contributed by atoms with Gasteiger partial charge in [0.25, 0.3) is 0 Å². The van der Waals surface area contributed by atoms with Gasteiger partial charge in [-0.05, 0) is 29.8 Å². The number of hydrogen-bond donors (Lipinski definition) is 1. The standard InChI is InChI=1S/C14H15ClN2/c1-17(14-5-3-2-4-13(14)15)10-11-6-8-12(16)9-7-11/h2-9H,10,16H2,1H3. The Morgan fingerprint density at radius 2 is 1.71 bits per heavy atom. The molecule has 0 radical (unpaired) electrons. The van der Waals surface area contributed by atoms with E-state index in [1.807, 2.05) is 55.6 Å². The molecule has 0 aromatic heterocycles. The van der Waals surface area contributed by atoms with E-state index >= 15 is 0 Å². The number of rotatable bonds is 3. The molecule has 0 fully saturated rings. The lowest BCUT2D eigenvalue weighted by Gasteiger charge is -2.20. The highest BCUT2D eigenvalue weighted by atomic mass is 35.5. The van der Waals surface area contributed by atoms with Crippen LogP contribution in [0.4, 0.5) is 11.4 Å². The van der Waals surface area contributed by atoms with Gasteiger partial charge < -0.3 is 10.6 Å². The Bertz CT molecular complexity index is 494. The third kappa shape index (κ3) is 2.92. The molecule has 2 rings (SSSR count). The van der Waals surface area contributed by atoms with Crippen molar-refractivity contribution in [3.05, 3.63) is 59.1 Å². The SMILES string of the molecule is CN(Cc1ccc(N)cc1)c1ccccc1Cl. The molecule has 0 saturated heterocycles. The highest BCUT2D eigenvalue weighted by Gasteiger charge is 2.05. The minimum atomic E-state index is 0.769. The normalized spacial score (nSPS) is 10.2. The van der Waals surface area contributed by atoms with Crippen molar-refractivity contribution in [1.29, 1.82) is 0 Å². The summed E-state index contributed by atoms with van der Waals surface area (Å²) in [5.74, 6) is 0. The fourth-order valence-electron chi connectivity index (χ4n) is 1.74. The van der Waals surface area contributed by atoms with E-state index in [0.29, 0.717) is 0 Å². The van der Waals surface area contributed by atoms with Gasteiger partial charge in [0, 0.05) is 19.3 Å². The van der Waals surface area contributed by atoms with Crippen LogP contribution >= 0.6 is 11.6 Å². The van der Waals surface area contributed by atoms with Crippen LogP contribution in [0.25, 0.3) is 0 Å². The zero-order valence-electron chi connectivity index (χ0n) is 9.73. The van der Waals surface area contributed by atoms with Crippen LogP contribution < -0.4 is 10.6 Å². The summed E-state index contributed by atoms with van der Waals surface area (Å²) in [6.07, 6.45) is 0. The average Bonchev–Trinajstić information content (AvgIpc) is 2.32. The fourth-order valence-corrected chi connectivity index (χ4v) is 2.02. The number of benzene rings is 2. The highest BCUT2D eigenvalue weighted by molar-refractivity contribution is 6.33. The zero-order chi connectivity index (χ0) is 12.3. The van der Waals surface area contributed by atoms with Crippen LogP contribution in [0.5, 0.6) is 0 Å². The Balaban J connectivity index is 2.14. The van der Waals surface area contributed by atoms with Gasteiger partial charge in [0.1, 0.15) is 0 Å². The molecule has 3 heteroatoms. The second-order valence-corrected chi connectivity index (χ2v) is 4.46. The van der Waals surface area contributed by atoms with E-state index in [2.05, 4.69) is 4.90 Å². The minimum Gasteiger partial charge on any atom is -0.399 e. The van der Waals surface area contributed by atoms with Gasteiger partial charge in [-0.25, -0.2) is 0 Å². The number of nitrogens with zero attached hydrogens (tertiary/aromatic N) is 1. The van der Waals surface area contributed by atoms with Gasteiger partial charge in [-0.1, -0.05) is 35.9 Å². The summed E-state index contributed by atoms with van der Waals surface area (Å²) >= 11 is 6.15. The molecule has 0 heterocycles. The predicted octanol–water partition coefficient (Wildman–Crippen LogP) is 3.56. The molecule has 0 aliphatic rings. The molecule has 0 aliphatic carbocycles. The molecule has 0 bridgehead atoms. The number of nitrogen functional groups attached to an aromatic ring is 1. The van der Waals surface area contributed by atoms with Crippen molar-refractivity contribution in [2.45, 2.75) is 6.54 Å². The molecule has 0 saturated carbocycles. The lowest BCUT2D eigenvalue weighted by atomic mass is 10.2. The van der Waals surface area contributed by atoms with E-state index in [0.717, 1.165) is 22.9 Å². The van der Waals surface area contributed by atoms with Crippen LogP contribution in [-0.2, 0) is 6.54 Å². The van der Waals surface area contributed by atoms with E-state index in [9.17, 15) is 0 Å². The molecule has 2 N–H and O–H groups in total. The number of para-hydroxylation sites is 1. The Labute approximate surface area is 107 Å². The Morgan fingerprint density at radius 3 is 2.35 bits per heavy atom. The molecular formula is C14H15ClN2. The van der Waals surface area contributed by atoms with Crippen molar-refractivity contribution in [3.8, 4) is 0 Å². The van der Waals surface area contributed by atoms with Crippen molar-refractivity contribution in [1.82, 2.24) is 0 Å². The van der Waals surface area contributed by atoms with Gasteiger partial charge in [0.05, 0.1) is 10.7 Å². The van der Waals surface area contributed by atoms with E-state index in [4.69, 9.17) is 17.3 Å². The van der Waals surface area contributed by atoms with Gasteiger partial charge in [0.2, 0.25) is 0 Å². The first-order valence-electron chi connectivity index (χ1n) is 5.47. The molecule has 2 aromatic carbocycles. The van der Waals surface area contributed by atoms with Crippen molar-refractivity contribution < 1.29 is 0 Å². The van der Waals surface area contributed by atoms with E-state index in [1.54, 1.807) is 0 Å². The highest BCUT2D eigenvalue weighted by Crippen LogP contribution is 2.25. The zero-order valence-corrected chi connectivity index (χ0v) is 10.5. The van der Waals surface area contributed by atoms with Crippen LogP contribution in [-0.4, -0.2) is 7.05 Å². The Kier molecular flexibility index (Phi) is 3.55. The van der Waals surface area contributed by atoms with Crippen LogP contribution in [0.1, 0.15) is 5.56 Å². The summed E-state index contributed by atoms with van der Waals surface area (Å²) in [5, 5.41) is 0.769. The van der Waals surface area contributed by atoms with Crippen LogP contribution in [0.2, 0.25) is 5.02 Å². The molecule has 0 unspecified atom stereocenters. The first-order chi connectivity index (χ1) is 8.16. The van der Waals surface area contributed by atoms with Crippen LogP contribution in [0.15, 0.2) is 48.5 Å². The van der Waals surface area contributed by atoms with Gasteiger partial charge in [-0.15, -0.1) is 0 Å². The van der Waals surface area contributed by atoms with Gasteiger partial charge in [0.15, 0.2) is 0 Å². The monoisotopic (exact) mass is 246 g/mol. The predicted molar refractivity (Wildman–Crippen MR) is 74.4 cm³/mol. The Morgan fingerprint density at radius 1 is 1.06 bits per heavy atom. The number of halogens is 1. The maximum Gasteiger partial charge on any atom is 0.0639 e. The quantitative estimate of drug-likeness (QED) is 0.840. The molecule has 2 nitrogen and oxygen atoms in total. The van der Waals surface area contributed by atoms with E-state index in [1.165, 1.54) is 5.56 Å². The lowest BCUT2D eigenvalue weighted by molar-refractivity contribution is 0.923. The minimum absolute atomic E-state index is 0.769. The summed E-state index contributed by atoms with van der Waals surface area (Å²) in [4.78, 5) is 2.12. The third-order valence-corrected chi connectivity index (χ3v) is 2.98. The first kappa shape index (κ1) is 11.8. The molecule has 88 valence electrons. The molecule has 2 aromatic rings. The molecule has 0 atom stereocenters. The summed E-state index contributed by atoms with van der Waals surface area (Å²) in [7, 11) is 2.03. The van der Waals surface area contributed by atoms with Gasteiger partial charge >= 0.3 is 0 Å². The largest absolute Gasteiger partial charge is 0.399 e. The summed E-state index contributed by atoms with van der Waals surface area (Å²) in [5.41, 5.74) is 8.69. The van der Waals surface area contributed by atoms with E-state index < -0.39 is 0 Å². The Hall–Kier alpha value is -1.67. The van der Waals surface area contributed by atoms with Crippen molar-refractivity contribution in [2.24, 2.45) is 0 Å². The number of anilines is 2. The fraction of sp³-hybridized carbons (Fsp3) is 0.143. The number of hydrogen-bond acceptors (Lipinski definition) is 2. The van der Waals surface area contributed by atoms with Gasteiger partial charge in [-0.2, -0.15) is 0 Å². The van der Waals surface area contributed by atoms with Gasteiger partial charge in [-0.3, -0.25) is 0 Å². The third-order valence-electron chi connectivity index (χ3n) is 2.66. The molecule has 17 heavy (non-hydrogen) atoms. The molecule has 0 spiro atoms. The smallest absolute Gasteiger partial charge is 0.0639 e. The van der Waals surface area contributed by atoms with Crippen molar-refractivity contribution in [2.75, 3.05) is 17.7 Å². The maximum atomic E-state index is 6.15. The van der Waals surface area contributed by atoms with Crippen LogP contribution in [0.3, 0.4) is 0 Å². The summed E-state index contributed by atoms with van der Waals surface area (Å²) < 4.78 is 0. The van der Waals surface area contributed by atoms with E-state index in [-0.39, 0.29) is 0 Å². The second-order valence-electron chi connectivity index (χ2n) is 4.05. The lowest BCUT2D eigenvalue weighted by Crippen LogP contribution is -2.16. The summed E-state index contributed by atoms with van der Waals surface area (Å²) in [6, 6.07) is 15.7. The molecule has 0 amide bonds. The topological polar surface area (TPSA) is 29.3 Å². The average molecular weight is 247 g/mol. The summed E-state index contributed by atoms with van der Waals surface area (Å²) in [6.45, 7) is 0.810. The second kappa shape index (κ2) is 5.11. The molecule has 0 aliphatic heterocycles. The van der Waals surface area contributed by atoms with Crippen molar-refractivity contribution >= 4 is 23.0 Å². The molecular weight excluding hydrogens is 232 g/mol. The van der Waals surface area contributed by atoms with Crippen molar-refractivity contribution in [3.63, 3.8) is 0 Å². The maximum absolute atomic E-state index is 6.15.